The lowest BCUT2D eigenvalue weighted by Gasteiger charge is -2.26. The van der Waals surface area contributed by atoms with Crippen molar-refractivity contribution in [2.45, 2.75) is 25.3 Å². The zero-order chi connectivity index (χ0) is 13.2. The molecule has 0 fully saturated rings. The lowest BCUT2D eigenvalue weighted by Crippen LogP contribution is -2.18. The summed E-state index contributed by atoms with van der Waals surface area (Å²) in [4.78, 5) is 4.47. The van der Waals surface area contributed by atoms with Crippen molar-refractivity contribution >= 4 is 17.3 Å². The van der Waals surface area contributed by atoms with Gasteiger partial charge in [0, 0.05) is 11.9 Å². The quantitative estimate of drug-likeness (QED) is 0.881. The average molecular weight is 277 g/mol. The van der Waals surface area contributed by atoms with Crippen molar-refractivity contribution < 1.29 is 4.39 Å². The van der Waals surface area contributed by atoms with E-state index in [-0.39, 0.29) is 11.1 Å². The highest BCUT2D eigenvalue weighted by atomic mass is 35.5. The van der Waals surface area contributed by atoms with Gasteiger partial charge in [0.2, 0.25) is 0 Å². The summed E-state index contributed by atoms with van der Waals surface area (Å²) < 4.78 is 13.1. The molecule has 2 aromatic rings. The number of halogens is 2. The molecular formula is C15H14ClFN2. The van der Waals surface area contributed by atoms with Crippen LogP contribution in [0.3, 0.4) is 0 Å². The molecule has 1 aliphatic carbocycles. The molecular weight excluding hydrogens is 263 g/mol. The molecule has 19 heavy (non-hydrogen) atoms. The van der Waals surface area contributed by atoms with E-state index in [1.54, 1.807) is 12.1 Å². The highest BCUT2D eigenvalue weighted by Crippen LogP contribution is 2.31. The number of benzene rings is 1. The summed E-state index contributed by atoms with van der Waals surface area (Å²) in [5, 5.41) is 3.53. The van der Waals surface area contributed by atoms with E-state index in [1.807, 2.05) is 12.3 Å². The lowest BCUT2D eigenvalue weighted by molar-refractivity contribution is 0.583. The van der Waals surface area contributed by atoms with E-state index in [1.165, 1.54) is 11.6 Å². The summed E-state index contributed by atoms with van der Waals surface area (Å²) >= 11 is 5.80. The van der Waals surface area contributed by atoms with Crippen LogP contribution >= 0.6 is 11.6 Å². The number of aryl methyl sites for hydroxylation is 1. The molecule has 1 unspecified atom stereocenters. The Morgan fingerprint density at radius 1 is 1.32 bits per heavy atom. The van der Waals surface area contributed by atoms with Crippen LogP contribution in [0, 0.1) is 5.82 Å². The molecule has 98 valence electrons. The van der Waals surface area contributed by atoms with Crippen LogP contribution < -0.4 is 5.32 Å². The van der Waals surface area contributed by atoms with Crippen molar-refractivity contribution in [1.82, 2.24) is 4.98 Å². The monoisotopic (exact) mass is 276 g/mol. The van der Waals surface area contributed by atoms with Crippen LogP contribution in [0.4, 0.5) is 10.1 Å². The van der Waals surface area contributed by atoms with Crippen molar-refractivity contribution in [1.29, 1.82) is 0 Å². The Kier molecular flexibility index (Phi) is 3.38. The number of nitrogens with one attached hydrogen (secondary N) is 1. The Hall–Kier alpha value is -1.61. The standard InChI is InChI=1S/C15H14ClFN2/c16-12-9-11(6-7-13(12)17)19-14-5-1-3-10-4-2-8-18-15(10)14/h2,4,6-9,14,19H,1,3,5H2. The van der Waals surface area contributed by atoms with Crippen LogP contribution in [0.1, 0.15) is 30.1 Å². The first-order valence-corrected chi connectivity index (χ1v) is 6.77. The fourth-order valence-corrected chi connectivity index (χ4v) is 2.72. The van der Waals surface area contributed by atoms with Gasteiger partial charge in [-0.15, -0.1) is 0 Å². The third-order valence-electron chi connectivity index (χ3n) is 3.46. The van der Waals surface area contributed by atoms with Crippen molar-refractivity contribution in [2.75, 3.05) is 5.32 Å². The minimum Gasteiger partial charge on any atom is -0.377 e. The molecule has 0 radical (unpaired) electrons. The van der Waals surface area contributed by atoms with Gasteiger partial charge in [-0.05, 0) is 49.1 Å². The molecule has 1 aliphatic rings. The summed E-state index contributed by atoms with van der Waals surface area (Å²) in [7, 11) is 0. The number of fused-ring (bicyclic) bond motifs is 1. The van der Waals surface area contributed by atoms with Crippen molar-refractivity contribution in [3.05, 3.63) is 58.6 Å². The van der Waals surface area contributed by atoms with Gasteiger partial charge in [0.15, 0.2) is 0 Å². The summed E-state index contributed by atoms with van der Waals surface area (Å²) in [6.45, 7) is 0. The first kappa shape index (κ1) is 12.4. The third kappa shape index (κ3) is 2.56. The van der Waals surface area contributed by atoms with E-state index in [0.717, 1.165) is 30.6 Å². The maximum atomic E-state index is 13.1. The Morgan fingerprint density at radius 2 is 2.21 bits per heavy atom. The van der Waals surface area contributed by atoms with Gasteiger partial charge in [-0.25, -0.2) is 4.39 Å². The number of aromatic nitrogens is 1. The molecule has 4 heteroatoms. The predicted molar refractivity (Wildman–Crippen MR) is 74.9 cm³/mol. The van der Waals surface area contributed by atoms with Gasteiger partial charge in [-0.3, -0.25) is 4.98 Å². The maximum absolute atomic E-state index is 13.1. The normalized spacial score (nSPS) is 17.9. The minimum absolute atomic E-state index is 0.141. The second-order valence-corrected chi connectivity index (χ2v) is 5.17. The smallest absolute Gasteiger partial charge is 0.141 e. The summed E-state index contributed by atoms with van der Waals surface area (Å²) in [6.07, 6.45) is 5.05. The van der Waals surface area contributed by atoms with E-state index in [0.29, 0.717) is 0 Å². The van der Waals surface area contributed by atoms with Crippen molar-refractivity contribution in [2.24, 2.45) is 0 Å². The van der Waals surface area contributed by atoms with E-state index >= 15 is 0 Å². The van der Waals surface area contributed by atoms with E-state index in [4.69, 9.17) is 11.6 Å². The van der Waals surface area contributed by atoms with E-state index in [9.17, 15) is 4.39 Å². The lowest BCUT2D eigenvalue weighted by atomic mass is 9.92. The molecule has 1 aromatic carbocycles. The Labute approximate surface area is 116 Å². The van der Waals surface area contributed by atoms with Gasteiger partial charge >= 0.3 is 0 Å². The summed E-state index contributed by atoms with van der Waals surface area (Å²) in [5.41, 5.74) is 3.21. The molecule has 1 N–H and O–H groups in total. The average Bonchev–Trinajstić information content (AvgIpc) is 2.43. The highest BCUT2D eigenvalue weighted by Gasteiger charge is 2.21. The molecule has 0 bridgehead atoms. The van der Waals surface area contributed by atoms with Gasteiger partial charge in [0.05, 0.1) is 16.8 Å². The van der Waals surface area contributed by atoms with Crippen LogP contribution in [0.25, 0.3) is 0 Å². The second-order valence-electron chi connectivity index (χ2n) is 4.77. The Morgan fingerprint density at radius 3 is 3.05 bits per heavy atom. The van der Waals surface area contributed by atoms with Crippen molar-refractivity contribution in [3.63, 3.8) is 0 Å². The van der Waals surface area contributed by atoms with Crippen LogP contribution in [0.15, 0.2) is 36.5 Å². The molecule has 0 saturated heterocycles. The topological polar surface area (TPSA) is 24.9 Å². The van der Waals surface area contributed by atoms with Crippen LogP contribution in [0.5, 0.6) is 0 Å². The number of pyridine rings is 1. The van der Waals surface area contributed by atoms with Gasteiger partial charge < -0.3 is 5.32 Å². The molecule has 0 saturated carbocycles. The number of hydrogen-bond donors (Lipinski definition) is 1. The van der Waals surface area contributed by atoms with Crippen LogP contribution in [0.2, 0.25) is 5.02 Å². The molecule has 0 spiro atoms. The summed E-state index contributed by atoms with van der Waals surface area (Å²) in [5.74, 6) is -0.394. The van der Waals surface area contributed by atoms with Gasteiger partial charge in [0.1, 0.15) is 5.82 Å². The van der Waals surface area contributed by atoms with E-state index < -0.39 is 5.82 Å². The Bertz CT molecular complexity index is 600. The van der Waals surface area contributed by atoms with E-state index in [2.05, 4.69) is 16.4 Å². The molecule has 1 aromatic heterocycles. The van der Waals surface area contributed by atoms with Crippen LogP contribution in [-0.2, 0) is 6.42 Å². The molecule has 1 atom stereocenters. The highest BCUT2D eigenvalue weighted by molar-refractivity contribution is 6.31. The zero-order valence-electron chi connectivity index (χ0n) is 10.4. The number of nitrogens with zero attached hydrogens (tertiary/aromatic N) is 1. The Balaban J connectivity index is 1.86. The molecule has 1 heterocycles. The van der Waals surface area contributed by atoms with Gasteiger partial charge in [-0.1, -0.05) is 17.7 Å². The van der Waals surface area contributed by atoms with Crippen molar-refractivity contribution in [3.8, 4) is 0 Å². The van der Waals surface area contributed by atoms with Gasteiger partial charge in [-0.2, -0.15) is 0 Å². The molecule has 3 rings (SSSR count). The summed E-state index contributed by atoms with van der Waals surface area (Å²) in [6, 6.07) is 8.97. The largest absolute Gasteiger partial charge is 0.377 e. The first-order chi connectivity index (χ1) is 9.24. The first-order valence-electron chi connectivity index (χ1n) is 6.39. The minimum atomic E-state index is -0.394. The SMILES string of the molecule is Fc1ccc(NC2CCCc3cccnc32)cc1Cl. The zero-order valence-corrected chi connectivity index (χ0v) is 11.1. The van der Waals surface area contributed by atoms with Crippen LogP contribution in [-0.4, -0.2) is 4.98 Å². The third-order valence-corrected chi connectivity index (χ3v) is 3.75. The number of hydrogen-bond acceptors (Lipinski definition) is 2. The number of anilines is 1. The molecule has 0 aliphatic heterocycles. The number of rotatable bonds is 2. The predicted octanol–water partition coefficient (Wildman–Crippen LogP) is 4.36. The maximum Gasteiger partial charge on any atom is 0.141 e. The second kappa shape index (κ2) is 5.17. The van der Waals surface area contributed by atoms with Gasteiger partial charge in [0.25, 0.3) is 0 Å². The fourth-order valence-electron chi connectivity index (χ4n) is 2.54. The molecule has 0 amide bonds. The fraction of sp³-hybridized carbons (Fsp3) is 0.267. The molecule has 2 nitrogen and oxygen atoms in total.